The lowest BCUT2D eigenvalue weighted by atomic mass is 9.70. The van der Waals surface area contributed by atoms with Crippen molar-refractivity contribution < 1.29 is 9.47 Å². The van der Waals surface area contributed by atoms with E-state index in [4.69, 9.17) is 9.47 Å². The van der Waals surface area contributed by atoms with Crippen LogP contribution >= 0.6 is 0 Å². The fraction of sp³-hybridized carbons (Fsp3) is 0.500. The van der Waals surface area contributed by atoms with Crippen molar-refractivity contribution in [2.24, 2.45) is 0 Å². The van der Waals surface area contributed by atoms with Gasteiger partial charge < -0.3 is 9.47 Å². The third kappa shape index (κ3) is 1.10. The Morgan fingerprint density at radius 2 is 0.773 bits per heavy atom. The molecule has 0 spiro atoms. The van der Waals surface area contributed by atoms with Gasteiger partial charge in [-0.25, -0.2) is 0 Å². The smallest absolute Gasteiger partial charge is 0.111 e. The Bertz CT molecular complexity index is 703. The van der Waals surface area contributed by atoms with E-state index in [0.29, 0.717) is 0 Å². The van der Waals surface area contributed by atoms with Gasteiger partial charge in [-0.2, -0.15) is 0 Å². The SMILES string of the molecule is Cc1c2c(c(C)c3c1[C@]1(C)C=C[C@]3(C)O1)[C@]1(C)C=C[C@]2(C)O1. The van der Waals surface area contributed by atoms with Gasteiger partial charge >= 0.3 is 0 Å². The molecule has 4 bridgehead atoms. The molecular formula is C20H22O2. The lowest BCUT2D eigenvalue weighted by Gasteiger charge is -2.30. The summed E-state index contributed by atoms with van der Waals surface area (Å²) < 4.78 is 12.9. The van der Waals surface area contributed by atoms with Crippen LogP contribution in [0.1, 0.15) is 61.1 Å². The average Bonchev–Trinajstić information content (AvgIpc) is 3.04. The summed E-state index contributed by atoms with van der Waals surface area (Å²) in [4.78, 5) is 0. The Balaban J connectivity index is 1.97. The van der Waals surface area contributed by atoms with Gasteiger partial charge in [-0.05, 0) is 99.2 Å². The van der Waals surface area contributed by atoms with Crippen molar-refractivity contribution in [3.8, 4) is 0 Å². The van der Waals surface area contributed by atoms with E-state index >= 15 is 0 Å². The molecule has 1 aromatic carbocycles. The van der Waals surface area contributed by atoms with Crippen molar-refractivity contribution in [3.05, 3.63) is 57.7 Å². The molecule has 0 unspecified atom stereocenters. The van der Waals surface area contributed by atoms with Crippen molar-refractivity contribution in [2.45, 2.75) is 63.9 Å². The maximum atomic E-state index is 6.44. The summed E-state index contributed by atoms with van der Waals surface area (Å²) in [5, 5.41) is 0. The van der Waals surface area contributed by atoms with E-state index in [1.165, 1.54) is 33.4 Å². The van der Waals surface area contributed by atoms with E-state index in [0.717, 1.165) is 0 Å². The summed E-state index contributed by atoms with van der Waals surface area (Å²) in [6.45, 7) is 13.2. The topological polar surface area (TPSA) is 18.5 Å². The number of hydrogen-bond acceptors (Lipinski definition) is 2. The molecule has 0 aromatic heterocycles. The van der Waals surface area contributed by atoms with Crippen LogP contribution < -0.4 is 0 Å². The quantitative estimate of drug-likeness (QED) is 0.662. The molecule has 0 amide bonds. The van der Waals surface area contributed by atoms with Gasteiger partial charge in [0.25, 0.3) is 0 Å². The summed E-state index contributed by atoms with van der Waals surface area (Å²) in [6, 6.07) is 0. The average molecular weight is 294 g/mol. The lowest BCUT2D eigenvalue weighted by molar-refractivity contribution is -0.0537. The highest BCUT2D eigenvalue weighted by Crippen LogP contribution is 2.63. The van der Waals surface area contributed by atoms with Crippen LogP contribution in [0.3, 0.4) is 0 Å². The van der Waals surface area contributed by atoms with Gasteiger partial charge in [0.1, 0.15) is 22.4 Å². The summed E-state index contributed by atoms with van der Waals surface area (Å²) in [5.74, 6) is 0. The molecule has 114 valence electrons. The number of hydrogen-bond donors (Lipinski definition) is 0. The van der Waals surface area contributed by atoms with Gasteiger partial charge in [-0.3, -0.25) is 0 Å². The third-order valence-electron chi connectivity index (χ3n) is 6.27. The van der Waals surface area contributed by atoms with Gasteiger partial charge in [0, 0.05) is 0 Å². The maximum Gasteiger partial charge on any atom is 0.111 e. The first-order valence-electron chi connectivity index (χ1n) is 8.14. The van der Waals surface area contributed by atoms with E-state index in [1.54, 1.807) is 0 Å². The first kappa shape index (κ1) is 13.1. The Labute approximate surface area is 131 Å². The van der Waals surface area contributed by atoms with Crippen molar-refractivity contribution in [3.63, 3.8) is 0 Å². The second-order valence-corrected chi connectivity index (χ2v) is 8.05. The number of ether oxygens (including phenoxy) is 2. The normalized spacial score (nSPS) is 45.7. The van der Waals surface area contributed by atoms with Crippen molar-refractivity contribution in [2.75, 3.05) is 0 Å². The van der Waals surface area contributed by atoms with Crippen LogP contribution in [0.25, 0.3) is 0 Å². The Kier molecular flexibility index (Phi) is 1.86. The zero-order chi connectivity index (χ0) is 15.7. The molecule has 5 rings (SSSR count). The van der Waals surface area contributed by atoms with Crippen LogP contribution in [0.5, 0.6) is 0 Å². The fourth-order valence-electron chi connectivity index (χ4n) is 5.67. The van der Waals surface area contributed by atoms with Crippen LogP contribution in [0, 0.1) is 13.8 Å². The molecule has 2 heteroatoms. The van der Waals surface area contributed by atoms with Crippen LogP contribution in [-0.2, 0) is 31.9 Å². The van der Waals surface area contributed by atoms with Gasteiger partial charge in [-0.1, -0.05) is 0 Å². The van der Waals surface area contributed by atoms with Crippen LogP contribution in [0.15, 0.2) is 24.3 Å². The monoisotopic (exact) mass is 294 g/mol. The molecule has 22 heavy (non-hydrogen) atoms. The minimum Gasteiger partial charge on any atom is -0.351 e. The van der Waals surface area contributed by atoms with Crippen molar-refractivity contribution in [1.82, 2.24) is 0 Å². The first-order chi connectivity index (χ1) is 10.1. The van der Waals surface area contributed by atoms with Crippen molar-refractivity contribution >= 4 is 0 Å². The molecule has 0 N–H and O–H groups in total. The summed E-state index contributed by atoms with van der Waals surface area (Å²) in [6.07, 6.45) is 8.90. The van der Waals surface area contributed by atoms with Gasteiger partial charge in [0.05, 0.1) is 0 Å². The first-order valence-corrected chi connectivity index (χ1v) is 8.14. The summed E-state index contributed by atoms with van der Waals surface area (Å²) in [5.41, 5.74) is 6.97. The molecular weight excluding hydrogens is 272 g/mol. The summed E-state index contributed by atoms with van der Waals surface area (Å²) in [7, 11) is 0. The molecule has 0 fully saturated rings. The zero-order valence-electron chi connectivity index (χ0n) is 14.1. The third-order valence-corrected chi connectivity index (χ3v) is 6.27. The molecule has 4 atom stereocenters. The van der Waals surface area contributed by atoms with Gasteiger partial charge in [-0.15, -0.1) is 0 Å². The Morgan fingerprint density at radius 3 is 1.00 bits per heavy atom. The predicted octanol–water partition coefficient (Wildman–Crippen LogP) is 4.36. The standard InChI is InChI=1S/C20H22O2/c1-11-13-15(19(5)9-7-17(13,3)21-19)12(2)16-14(11)18(4)8-10-20(16,6)22-18/h7-10H,1-6H3/t17-,18-,19-,20-/m0/s1. The predicted molar refractivity (Wildman–Crippen MR) is 85.8 cm³/mol. The molecule has 0 radical (unpaired) electrons. The molecule has 0 saturated heterocycles. The molecule has 4 heterocycles. The largest absolute Gasteiger partial charge is 0.351 e. The van der Waals surface area contributed by atoms with Gasteiger partial charge in [0.15, 0.2) is 0 Å². The van der Waals surface area contributed by atoms with E-state index < -0.39 is 0 Å². The second-order valence-electron chi connectivity index (χ2n) is 8.05. The Morgan fingerprint density at radius 1 is 0.545 bits per heavy atom. The highest BCUT2D eigenvalue weighted by molar-refractivity contribution is 5.67. The molecule has 0 saturated carbocycles. The van der Waals surface area contributed by atoms with Crippen molar-refractivity contribution in [1.29, 1.82) is 0 Å². The highest BCUT2D eigenvalue weighted by atomic mass is 16.5. The zero-order valence-corrected chi connectivity index (χ0v) is 14.1. The molecule has 0 aliphatic carbocycles. The minimum absolute atomic E-state index is 0.295. The fourth-order valence-corrected chi connectivity index (χ4v) is 5.67. The molecule has 1 aromatic rings. The van der Waals surface area contributed by atoms with E-state index in [-0.39, 0.29) is 22.4 Å². The maximum absolute atomic E-state index is 6.44. The molecule has 2 nitrogen and oxygen atoms in total. The summed E-state index contributed by atoms with van der Waals surface area (Å²) >= 11 is 0. The number of benzene rings is 1. The minimum atomic E-state index is -0.295. The van der Waals surface area contributed by atoms with E-state index in [2.05, 4.69) is 65.8 Å². The number of fused-ring (bicyclic) bond motifs is 10. The van der Waals surface area contributed by atoms with E-state index in [1.807, 2.05) is 0 Å². The second kappa shape index (κ2) is 3.13. The molecule has 4 aliphatic rings. The molecule has 4 aliphatic heterocycles. The van der Waals surface area contributed by atoms with Crippen LogP contribution in [-0.4, -0.2) is 0 Å². The van der Waals surface area contributed by atoms with Gasteiger partial charge in [0.2, 0.25) is 0 Å². The van der Waals surface area contributed by atoms with Crippen LogP contribution in [0.2, 0.25) is 0 Å². The van der Waals surface area contributed by atoms with E-state index in [9.17, 15) is 0 Å². The Hall–Kier alpha value is -1.38. The van der Waals surface area contributed by atoms with Crippen LogP contribution in [0.4, 0.5) is 0 Å². The number of rotatable bonds is 0. The highest BCUT2D eigenvalue weighted by Gasteiger charge is 2.58. The lowest BCUT2D eigenvalue weighted by Crippen LogP contribution is -2.24.